The highest BCUT2D eigenvalue weighted by molar-refractivity contribution is 7.88. The van der Waals surface area contributed by atoms with Crippen molar-refractivity contribution < 1.29 is 22.7 Å². The molecule has 0 saturated carbocycles. The number of hydrogen-bond donors (Lipinski definition) is 2. The number of ether oxygens (including phenoxy) is 2. The molecule has 0 saturated heterocycles. The number of amides is 1. The zero-order chi connectivity index (χ0) is 20.7. The van der Waals surface area contributed by atoms with Crippen LogP contribution in [0.15, 0.2) is 48.5 Å². The van der Waals surface area contributed by atoms with E-state index >= 15 is 0 Å². The molecule has 0 unspecified atom stereocenters. The first-order valence-electron chi connectivity index (χ1n) is 8.76. The summed E-state index contributed by atoms with van der Waals surface area (Å²) in [5.41, 5.74) is 1.60. The molecule has 152 valence electrons. The Labute approximate surface area is 166 Å². The van der Waals surface area contributed by atoms with Crippen molar-refractivity contribution in [3.63, 3.8) is 0 Å². The molecule has 0 aliphatic carbocycles. The van der Waals surface area contributed by atoms with Crippen molar-refractivity contribution in [1.29, 1.82) is 0 Å². The molecule has 0 aromatic heterocycles. The molecule has 2 N–H and O–H groups in total. The van der Waals surface area contributed by atoms with Crippen molar-refractivity contribution in [2.45, 2.75) is 25.4 Å². The van der Waals surface area contributed by atoms with Gasteiger partial charge in [-0.25, -0.2) is 13.1 Å². The van der Waals surface area contributed by atoms with E-state index in [1.165, 1.54) is 0 Å². The molecule has 0 heterocycles. The third kappa shape index (κ3) is 6.54. The fourth-order valence-corrected chi connectivity index (χ4v) is 3.52. The van der Waals surface area contributed by atoms with Crippen LogP contribution in [0.25, 0.3) is 0 Å². The Morgan fingerprint density at radius 1 is 0.929 bits per heavy atom. The smallest absolute Gasteiger partial charge is 0.222 e. The van der Waals surface area contributed by atoms with E-state index in [9.17, 15) is 13.2 Å². The van der Waals surface area contributed by atoms with E-state index in [2.05, 4.69) is 10.0 Å². The predicted octanol–water partition coefficient (Wildman–Crippen LogP) is 2.56. The van der Waals surface area contributed by atoms with Crippen LogP contribution >= 0.6 is 0 Å². The molecule has 2 atom stereocenters. The summed E-state index contributed by atoms with van der Waals surface area (Å²) in [7, 11) is -0.354. The normalized spacial score (nSPS) is 13.4. The van der Waals surface area contributed by atoms with E-state index in [0.717, 1.165) is 17.6 Å². The van der Waals surface area contributed by atoms with Crippen LogP contribution in [0.5, 0.6) is 11.5 Å². The van der Waals surface area contributed by atoms with Gasteiger partial charge in [0.15, 0.2) is 0 Å². The largest absolute Gasteiger partial charge is 0.497 e. The van der Waals surface area contributed by atoms with E-state index in [4.69, 9.17) is 9.47 Å². The number of methoxy groups -OCH3 is 2. The maximum absolute atomic E-state index is 12.5. The van der Waals surface area contributed by atoms with Crippen LogP contribution in [0.2, 0.25) is 0 Å². The van der Waals surface area contributed by atoms with Crippen LogP contribution in [-0.2, 0) is 14.8 Å². The first-order chi connectivity index (χ1) is 13.2. The van der Waals surface area contributed by atoms with Crippen LogP contribution in [0.4, 0.5) is 0 Å². The van der Waals surface area contributed by atoms with Gasteiger partial charge in [0, 0.05) is 6.42 Å². The van der Waals surface area contributed by atoms with Crippen LogP contribution in [-0.4, -0.2) is 34.8 Å². The maximum Gasteiger partial charge on any atom is 0.222 e. The molecule has 1 amide bonds. The molecule has 0 aliphatic heterocycles. The van der Waals surface area contributed by atoms with E-state index < -0.39 is 16.1 Å². The van der Waals surface area contributed by atoms with Gasteiger partial charge >= 0.3 is 0 Å². The molecule has 0 aliphatic rings. The topological polar surface area (TPSA) is 93.7 Å². The van der Waals surface area contributed by atoms with Crippen molar-refractivity contribution >= 4 is 15.9 Å². The molecule has 7 nitrogen and oxygen atoms in total. The number of nitrogens with one attached hydrogen (secondary N) is 2. The van der Waals surface area contributed by atoms with E-state index in [1.807, 2.05) is 31.2 Å². The second-order valence-electron chi connectivity index (χ2n) is 6.48. The maximum atomic E-state index is 12.5. The van der Waals surface area contributed by atoms with Gasteiger partial charge in [0.05, 0.1) is 32.6 Å². The van der Waals surface area contributed by atoms with Crippen molar-refractivity contribution in [3.8, 4) is 11.5 Å². The lowest BCUT2D eigenvalue weighted by Crippen LogP contribution is -2.34. The lowest BCUT2D eigenvalue weighted by molar-refractivity contribution is -0.122. The summed E-state index contributed by atoms with van der Waals surface area (Å²) in [6.07, 6.45) is 1.04. The van der Waals surface area contributed by atoms with Crippen LogP contribution in [0.1, 0.15) is 36.6 Å². The van der Waals surface area contributed by atoms with E-state index in [0.29, 0.717) is 11.3 Å². The van der Waals surface area contributed by atoms with Gasteiger partial charge in [0.25, 0.3) is 0 Å². The van der Waals surface area contributed by atoms with Crippen molar-refractivity contribution in [2.75, 3.05) is 20.5 Å². The highest BCUT2D eigenvalue weighted by Gasteiger charge is 2.21. The fraction of sp³-hybridized carbons (Fsp3) is 0.350. The van der Waals surface area contributed by atoms with Crippen LogP contribution < -0.4 is 19.5 Å². The highest BCUT2D eigenvalue weighted by Crippen LogP contribution is 2.22. The van der Waals surface area contributed by atoms with Gasteiger partial charge in [-0.15, -0.1) is 0 Å². The Bertz CT molecular complexity index is 880. The molecule has 0 radical (unpaired) electrons. The SMILES string of the molecule is COc1ccc([C@H](C)NC(=O)C[C@H](NS(C)(=O)=O)c2ccc(OC)cc2)cc1. The summed E-state index contributed by atoms with van der Waals surface area (Å²) in [5.74, 6) is 1.12. The minimum atomic E-state index is -3.50. The Morgan fingerprint density at radius 3 is 1.82 bits per heavy atom. The molecule has 2 aromatic carbocycles. The Balaban J connectivity index is 2.09. The molecule has 0 fully saturated rings. The van der Waals surface area contributed by atoms with Crippen LogP contribution in [0, 0.1) is 0 Å². The van der Waals surface area contributed by atoms with Crippen LogP contribution in [0.3, 0.4) is 0 Å². The lowest BCUT2D eigenvalue weighted by atomic mass is 10.0. The monoisotopic (exact) mass is 406 g/mol. The molecule has 8 heteroatoms. The van der Waals surface area contributed by atoms with Gasteiger partial charge in [-0.05, 0) is 42.3 Å². The summed E-state index contributed by atoms with van der Waals surface area (Å²) in [6.45, 7) is 1.87. The number of sulfonamides is 1. The number of carbonyl (C=O) groups excluding carboxylic acids is 1. The average molecular weight is 407 g/mol. The molecule has 0 spiro atoms. The molecule has 2 aromatic rings. The van der Waals surface area contributed by atoms with E-state index in [1.54, 1.807) is 38.5 Å². The quantitative estimate of drug-likeness (QED) is 0.668. The zero-order valence-electron chi connectivity index (χ0n) is 16.4. The van der Waals surface area contributed by atoms with Crippen molar-refractivity contribution in [3.05, 3.63) is 59.7 Å². The second kappa shape index (κ2) is 9.57. The van der Waals surface area contributed by atoms with Crippen molar-refractivity contribution in [2.24, 2.45) is 0 Å². The Kier molecular flexibility index (Phi) is 7.42. The molecular weight excluding hydrogens is 380 g/mol. The third-order valence-corrected chi connectivity index (χ3v) is 4.97. The van der Waals surface area contributed by atoms with Gasteiger partial charge < -0.3 is 14.8 Å². The Morgan fingerprint density at radius 2 is 1.39 bits per heavy atom. The molecule has 0 bridgehead atoms. The number of rotatable bonds is 9. The molecule has 28 heavy (non-hydrogen) atoms. The third-order valence-electron chi connectivity index (χ3n) is 4.26. The highest BCUT2D eigenvalue weighted by atomic mass is 32.2. The van der Waals surface area contributed by atoms with Gasteiger partial charge in [0.2, 0.25) is 15.9 Å². The molecule has 2 rings (SSSR count). The minimum absolute atomic E-state index is 0.0279. The zero-order valence-corrected chi connectivity index (χ0v) is 17.2. The summed E-state index contributed by atoms with van der Waals surface area (Å²) < 4.78 is 36.3. The number of benzene rings is 2. The van der Waals surface area contributed by atoms with Crippen molar-refractivity contribution in [1.82, 2.24) is 10.0 Å². The summed E-state index contributed by atoms with van der Waals surface area (Å²) in [6, 6.07) is 13.4. The first kappa shape index (κ1) is 21.7. The minimum Gasteiger partial charge on any atom is -0.497 e. The predicted molar refractivity (Wildman–Crippen MR) is 108 cm³/mol. The van der Waals surface area contributed by atoms with Gasteiger partial charge in [-0.2, -0.15) is 0 Å². The second-order valence-corrected chi connectivity index (χ2v) is 8.26. The standard InChI is InChI=1S/C20H26N2O5S/c1-14(15-5-9-17(26-2)10-6-15)21-20(23)13-19(22-28(4,24)25)16-7-11-18(27-3)12-8-16/h5-12,14,19,22H,13H2,1-4H3,(H,21,23)/t14-,19-/m0/s1. The number of hydrogen-bond acceptors (Lipinski definition) is 5. The number of carbonyl (C=O) groups is 1. The van der Waals surface area contributed by atoms with Gasteiger partial charge in [0.1, 0.15) is 11.5 Å². The summed E-state index contributed by atoms with van der Waals surface area (Å²) >= 11 is 0. The van der Waals surface area contributed by atoms with E-state index in [-0.39, 0.29) is 18.4 Å². The van der Waals surface area contributed by atoms with Gasteiger partial charge in [-0.1, -0.05) is 24.3 Å². The summed E-state index contributed by atoms with van der Waals surface area (Å²) in [4.78, 5) is 12.5. The summed E-state index contributed by atoms with van der Waals surface area (Å²) in [5, 5.41) is 2.90. The fourth-order valence-electron chi connectivity index (χ4n) is 2.78. The lowest BCUT2D eigenvalue weighted by Gasteiger charge is -2.20. The average Bonchev–Trinajstić information content (AvgIpc) is 2.66. The Hall–Kier alpha value is -2.58. The first-order valence-corrected chi connectivity index (χ1v) is 10.7. The molecular formula is C20H26N2O5S. The van der Waals surface area contributed by atoms with Gasteiger partial charge in [-0.3, -0.25) is 4.79 Å².